The van der Waals surface area contributed by atoms with Crippen LogP contribution in [0.25, 0.3) is 0 Å². The number of aliphatic carboxylic acids is 1. The second kappa shape index (κ2) is 8.03. The SMILES string of the molecule is C[C@H]1C(S[C@@H]2CN[C@H](C(=O)N3CCCNS3(=O)=O)C2)=C(C(=O)O)N2C(=O)[C@H]([C@@H](C)O)C12. The molecule has 4 aliphatic rings. The van der Waals surface area contributed by atoms with Gasteiger partial charge in [0, 0.05) is 35.7 Å². The van der Waals surface area contributed by atoms with Crippen LogP contribution in [0.15, 0.2) is 10.6 Å². The fourth-order valence-electron chi connectivity index (χ4n) is 4.86. The van der Waals surface area contributed by atoms with Gasteiger partial charge in [-0.2, -0.15) is 13.1 Å². The number of carbonyl (C=O) groups excluding carboxylic acids is 2. The Hall–Kier alpha value is -1.67. The minimum atomic E-state index is -3.82. The molecule has 4 N–H and O–H groups in total. The van der Waals surface area contributed by atoms with E-state index in [1.54, 1.807) is 0 Å². The summed E-state index contributed by atoms with van der Waals surface area (Å²) in [4.78, 5) is 38.9. The summed E-state index contributed by atoms with van der Waals surface area (Å²) in [7, 11) is -3.82. The van der Waals surface area contributed by atoms with Gasteiger partial charge in [-0.1, -0.05) is 6.92 Å². The third-order valence-electron chi connectivity index (χ3n) is 6.35. The molecule has 0 aromatic heterocycles. The first-order chi connectivity index (χ1) is 14.5. The van der Waals surface area contributed by atoms with Crippen LogP contribution in [0.3, 0.4) is 0 Å². The Bertz CT molecular complexity index is 951. The third-order valence-corrected chi connectivity index (χ3v) is 9.37. The highest BCUT2D eigenvalue weighted by Crippen LogP contribution is 2.51. The van der Waals surface area contributed by atoms with E-state index in [0.29, 0.717) is 30.8 Å². The molecule has 0 aliphatic carbocycles. The van der Waals surface area contributed by atoms with E-state index >= 15 is 0 Å². The molecule has 3 fully saturated rings. The number of aliphatic hydroxyl groups excluding tert-OH is 1. The molecule has 6 atom stereocenters. The van der Waals surface area contributed by atoms with Crippen molar-refractivity contribution in [2.45, 2.75) is 50.1 Å². The smallest absolute Gasteiger partial charge is 0.353 e. The number of carboxylic acid groups (broad SMARTS) is 1. The number of carbonyl (C=O) groups is 3. The highest BCUT2D eigenvalue weighted by molar-refractivity contribution is 8.03. The predicted molar refractivity (Wildman–Crippen MR) is 111 cm³/mol. The lowest BCUT2D eigenvalue weighted by atomic mass is 9.79. The van der Waals surface area contributed by atoms with Crippen molar-refractivity contribution in [3.63, 3.8) is 0 Å². The van der Waals surface area contributed by atoms with E-state index in [9.17, 15) is 33.0 Å². The summed E-state index contributed by atoms with van der Waals surface area (Å²) < 4.78 is 27.5. The van der Waals surface area contributed by atoms with Crippen LogP contribution in [0, 0.1) is 11.8 Å². The predicted octanol–water partition coefficient (Wildman–Crippen LogP) is -1.33. The molecule has 11 nitrogen and oxygen atoms in total. The average Bonchev–Trinajstić information content (AvgIpc) is 3.23. The number of β-lactam (4-membered cyclic amide) rings is 1. The standard InChI is InChI=1S/C18H26N4O7S2/c1-8-13-12(9(2)23)17(25)22(13)14(18(26)27)15(8)30-10-6-11(19-7-10)16(24)21-5-3-4-20-31(21,28)29/h8-13,19-20,23H,3-7H2,1-2H3,(H,26,27)/t8-,9-,10+,11+,12-,13?/m1/s1. The molecule has 2 amide bonds. The van der Waals surface area contributed by atoms with Crippen molar-refractivity contribution in [2.24, 2.45) is 11.8 Å². The first-order valence-electron chi connectivity index (χ1n) is 10.2. The third kappa shape index (κ3) is 3.65. The molecule has 0 saturated carbocycles. The zero-order valence-corrected chi connectivity index (χ0v) is 18.8. The van der Waals surface area contributed by atoms with Gasteiger partial charge in [-0.05, 0) is 19.8 Å². The van der Waals surface area contributed by atoms with Gasteiger partial charge in [0.2, 0.25) is 5.91 Å². The molecule has 0 aromatic carbocycles. The second-order valence-corrected chi connectivity index (χ2v) is 11.4. The van der Waals surface area contributed by atoms with Crippen molar-refractivity contribution in [1.29, 1.82) is 0 Å². The van der Waals surface area contributed by atoms with Crippen molar-refractivity contribution in [3.8, 4) is 0 Å². The molecule has 1 unspecified atom stereocenters. The van der Waals surface area contributed by atoms with Crippen LogP contribution in [-0.4, -0.2) is 88.7 Å². The van der Waals surface area contributed by atoms with Crippen molar-refractivity contribution in [1.82, 2.24) is 19.2 Å². The molecule has 172 valence electrons. The number of hydrogen-bond donors (Lipinski definition) is 4. The van der Waals surface area contributed by atoms with E-state index in [0.717, 1.165) is 4.31 Å². The van der Waals surface area contributed by atoms with Crippen molar-refractivity contribution in [3.05, 3.63) is 10.6 Å². The quantitative estimate of drug-likeness (QED) is 0.355. The van der Waals surface area contributed by atoms with Gasteiger partial charge in [0.05, 0.1) is 24.1 Å². The Kier molecular flexibility index (Phi) is 5.83. The summed E-state index contributed by atoms with van der Waals surface area (Å²) in [6.07, 6.45) is 0.0144. The minimum absolute atomic E-state index is 0.0537. The zero-order chi connectivity index (χ0) is 22.7. The summed E-state index contributed by atoms with van der Waals surface area (Å²) in [6.45, 7) is 4.21. The van der Waals surface area contributed by atoms with E-state index in [1.807, 2.05) is 6.92 Å². The molecule has 13 heteroatoms. The van der Waals surface area contributed by atoms with Crippen molar-refractivity contribution < 1.29 is 33.0 Å². The summed E-state index contributed by atoms with van der Waals surface area (Å²) in [6, 6.07) is -1.07. The first-order valence-corrected chi connectivity index (χ1v) is 12.6. The highest BCUT2D eigenvalue weighted by atomic mass is 32.2. The molecule has 0 bridgehead atoms. The lowest BCUT2D eigenvalue weighted by molar-refractivity contribution is -0.163. The maximum Gasteiger partial charge on any atom is 0.353 e. The van der Waals surface area contributed by atoms with Crippen molar-refractivity contribution >= 4 is 39.8 Å². The topological polar surface area (TPSA) is 156 Å². The zero-order valence-electron chi connectivity index (χ0n) is 17.1. The van der Waals surface area contributed by atoms with Crippen LogP contribution in [-0.2, 0) is 24.6 Å². The first kappa shape index (κ1) is 22.5. The molecule has 4 aliphatic heterocycles. The largest absolute Gasteiger partial charge is 0.477 e. The van der Waals surface area contributed by atoms with Crippen LogP contribution in [0.1, 0.15) is 26.7 Å². The summed E-state index contributed by atoms with van der Waals surface area (Å²) in [5.41, 5.74) is -0.0537. The molecule has 31 heavy (non-hydrogen) atoms. The number of thioether (sulfide) groups is 1. The van der Waals surface area contributed by atoms with Crippen molar-refractivity contribution in [2.75, 3.05) is 19.6 Å². The molecular weight excluding hydrogens is 448 g/mol. The monoisotopic (exact) mass is 474 g/mol. The van der Waals surface area contributed by atoms with E-state index in [-0.39, 0.29) is 29.3 Å². The van der Waals surface area contributed by atoms with Gasteiger partial charge in [-0.25, -0.2) is 9.10 Å². The minimum Gasteiger partial charge on any atom is -0.477 e. The van der Waals surface area contributed by atoms with Gasteiger partial charge in [0.1, 0.15) is 5.70 Å². The van der Waals surface area contributed by atoms with E-state index < -0.39 is 46.2 Å². The van der Waals surface area contributed by atoms with Gasteiger partial charge in [-0.3, -0.25) is 9.59 Å². The number of nitrogens with zero attached hydrogens (tertiary/aromatic N) is 2. The van der Waals surface area contributed by atoms with Crippen LogP contribution >= 0.6 is 11.8 Å². The maximum absolute atomic E-state index is 12.8. The van der Waals surface area contributed by atoms with Gasteiger partial charge in [0.25, 0.3) is 5.91 Å². The fourth-order valence-corrected chi connectivity index (χ4v) is 7.63. The molecule has 0 aromatic rings. The van der Waals surface area contributed by atoms with Gasteiger partial charge >= 0.3 is 16.2 Å². The number of nitrogens with one attached hydrogen (secondary N) is 2. The Labute approximate surface area is 184 Å². The second-order valence-electron chi connectivity index (χ2n) is 8.37. The van der Waals surface area contributed by atoms with Crippen LogP contribution in [0.5, 0.6) is 0 Å². The van der Waals surface area contributed by atoms with Gasteiger partial charge in [-0.15, -0.1) is 11.8 Å². The highest BCUT2D eigenvalue weighted by Gasteiger charge is 2.60. The Morgan fingerprint density at radius 1 is 1.32 bits per heavy atom. The molecule has 0 spiro atoms. The number of amides is 2. The number of fused-ring (bicyclic) bond motifs is 1. The van der Waals surface area contributed by atoms with Gasteiger partial charge < -0.3 is 20.4 Å². The Morgan fingerprint density at radius 3 is 2.65 bits per heavy atom. The van der Waals surface area contributed by atoms with E-state index in [4.69, 9.17) is 0 Å². The molecule has 3 saturated heterocycles. The summed E-state index contributed by atoms with van der Waals surface area (Å²) in [5.74, 6) is -2.99. The molecular formula is C18H26N4O7S2. The summed E-state index contributed by atoms with van der Waals surface area (Å²) in [5, 5.41) is 22.6. The lowest BCUT2D eigenvalue weighted by Crippen LogP contribution is -2.63. The van der Waals surface area contributed by atoms with E-state index in [2.05, 4.69) is 10.0 Å². The van der Waals surface area contributed by atoms with Crippen LogP contribution in [0.2, 0.25) is 0 Å². The number of aliphatic hydroxyl groups is 1. The van der Waals surface area contributed by atoms with E-state index in [1.165, 1.54) is 23.6 Å². The number of rotatable bonds is 5. The van der Waals surface area contributed by atoms with Crippen LogP contribution in [0.4, 0.5) is 0 Å². The summed E-state index contributed by atoms with van der Waals surface area (Å²) >= 11 is 1.32. The number of hydrogen-bond acceptors (Lipinski definition) is 8. The Morgan fingerprint density at radius 2 is 2.03 bits per heavy atom. The maximum atomic E-state index is 12.8. The normalized spacial score (nSPS) is 35.7. The lowest BCUT2D eigenvalue weighted by Gasteiger charge is -2.46. The Balaban J connectivity index is 1.48. The molecule has 0 radical (unpaired) electrons. The molecule has 4 rings (SSSR count). The van der Waals surface area contributed by atoms with Crippen LogP contribution < -0.4 is 10.0 Å². The fraction of sp³-hybridized carbons (Fsp3) is 0.722. The molecule has 4 heterocycles. The number of carboxylic acids is 1. The average molecular weight is 475 g/mol. The van der Waals surface area contributed by atoms with Gasteiger partial charge in [0.15, 0.2) is 0 Å².